The van der Waals surface area contributed by atoms with Crippen molar-refractivity contribution < 1.29 is 14.3 Å². The highest BCUT2D eigenvalue weighted by Gasteiger charge is 2.47. The Hall–Kier alpha value is -3.15. The van der Waals surface area contributed by atoms with Gasteiger partial charge in [0.05, 0.1) is 23.7 Å². The standard InChI is InChI=1S/C24H27N3O3/c1-4-30-23(29)20-21(17-10-6-5-7-11-17)27-19-13-9-8-12-18(19)25-24(27)26(22(20)28)15-14-16(2)3/h5-13,16,20-21H,4,14-15H2,1-3H3. The number of carbonyl (C=O) groups excluding carboxylic acids is 2. The maximum Gasteiger partial charge on any atom is 0.321 e. The highest BCUT2D eigenvalue weighted by Crippen LogP contribution is 2.41. The molecular weight excluding hydrogens is 378 g/mol. The van der Waals surface area contributed by atoms with Gasteiger partial charge in [0.1, 0.15) is 0 Å². The largest absolute Gasteiger partial charge is 0.465 e. The van der Waals surface area contributed by atoms with Crippen molar-refractivity contribution in [1.82, 2.24) is 9.55 Å². The van der Waals surface area contributed by atoms with Crippen LogP contribution < -0.4 is 4.90 Å². The molecule has 2 unspecified atom stereocenters. The number of nitrogens with zero attached hydrogens (tertiary/aromatic N) is 3. The quantitative estimate of drug-likeness (QED) is 0.455. The van der Waals surface area contributed by atoms with Gasteiger partial charge in [0, 0.05) is 6.54 Å². The van der Waals surface area contributed by atoms with E-state index in [4.69, 9.17) is 9.72 Å². The maximum atomic E-state index is 13.6. The molecule has 1 aromatic heterocycles. The van der Waals surface area contributed by atoms with E-state index in [1.165, 1.54) is 0 Å². The van der Waals surface area contributed by atoms with Crippen LogP contribution in [0.15, 0.2) is 54.6 Å². The molecule has 1 aliphatic heterocycles. The van der Waals surface area contributed by atoms with E-state index in [9.17, 15) is 9.59 Å². The van der Waals surface area contributed by atoms with Gasteiger partial charge in [-0.05, 0) is 37.0 Å². The second kappa shape index (κ2) is 8.30. The molecule has 156 valence electrons. The molecule has 1 aliphatic rings. The number of imidazole rings is 1. The Morgan fingerprint density at radius 1 is 1.10 bits per heavy atom. The van der Waals surface area contributed by atoms with Crippen LogP contribution in [0, 0.1) is 11.8 Å². The molecule has 30 heavy (non-hydrogen) atoms. The molecule has 4 rings (SSSR count). The second-order valence-corrected chi connectivity index (χ2v) is 8.03. The molecular formula is C24H27N3O3. The van der Waals surface area contributed by atoms with E-state index in [0.717, 1.165) is 23.0 Å². The second-order valence-electron chi connectivity index (χ2n) is 8.03. The van der Waals surface area contributed by atoms with Gasteiger partial charge in [0.25, 0.3) is 0 Å². The lowest BCUT2D eigenvalue weighted by molar-refractivity contribution is -0.153. The van der Waals surface area contributed by atoms with Crippen LogP contribution in [0.1, 0.15) is 38.8 Å². The molecule has 1 amide bonds. The molecule has 0 fully saturated rings. The summed E-state index contributed by atoms with van der Waals surface area (Å²) in [6.45, 7) is 6.74. The summed E-state index contributed by atoms with van der Waals surface area (Å²) in [5.41, 5.74) is 2.59. The van der Waals surface area contributed by atoms with Crippen LogP contribution in [0.5, 0.6) is 0 Å². The molecule has 0 saturated carbocycles. The molecule has 6 heteroatoms. The molecule has 0 spiro atoms. The lowest BCUT2D eigenvalue weighted by Gasteiger charge is -2.38. The number of aromatic nitrogens is 2. The lowest BCUT2D eigenvalue weighted by atomic mass is 9.89. The first-order valence-corrected chi connectivity index (χ1v) is 10.5. The van der Waals surface area contributed by atoms with Gasteiger partial charge in [-0.2, -0.15) is 0 Å². The SMILES string of the molecule is CCOC(=O)C1C(=O)N(CCC(C)C)c2nc3ccccc3n2C1c1ccccc1. The minimum atomic E-state index is -0.954. The summed E-state index contributed by atoms with van der Waals surface area (Å²) >= 11 is 0. The molecule has 0 N–H and O–H groups in total. The number of carbonyl (C=O) groups is 2. The van der Waals surface area contributed by atoms with E-state index < -0.39 is 17.9 Å². The first-order valence-electron chi connectivity index (χ1n) is 10.5. The predicted octanol–water partition coefficient (Wildman–Crippen LogP) is 4.20. The summed E-state index contributed by atoms with van der Waals surface area (Å²) in [4.78, 5) is 33.2. The van der Waals surface area contributed by atoms with Crippen molar-refractivity contribution in [2.75, 3.05) is 18.1 Å². The van der Waals surface area contributed by atoms with E-state index in [1.807, 2.05) is 59.2 Å². The summed E-state index contributed by atoms with van der Waals surface area (Å²) in [7, 11) is 0. The number of hydrogen-bond donors (Lipinski definition) is 0. The van der Waals surface area contributed by atoms with Crippen LogP contribution in [0.3, 0.4) is 0 Å². The number of anilines is 1. The summed E-state index contributed by atoms with van der Waals surface area (Å²) in [5.74, 6) is -0.676. The van der Waals surface area contributed by atoms with E-state index in [1.54, 1.807) is 11.8 Å². The minimum Gasteiger partial charge on any atom is -0.465 e. The van der Waals surface area contributed by atoms with Crippen LogP contribution in [0.25, 0.3) is 11.0 Å². The fourth-order valence-electron chi connectivity index (χ4n) is 4.10. The Bertz CT molecular complexity index is 1060. The molecule has 0 aliphatic carbocycles. The number of esters is 1. The van der Waals surface area contributed by atoms with Crippen molar-refractivity contribution in [3.63, 3.8) is 0 Å². The lowest BCUT2D eigenvalue weighted by Crippen LogP contribution is -2.50. The number of para-hydroxylation sites is 2. The van der Waals surface area contributed by atoms with Crippen molar-refractivity contribution in [3.8, 4) is 0 Å². The topological polar surface area (TPSA) is 64.4 Å². The maximum absolute atomic E-state index is 13.6. The van der Waals surface area contributed by atoms with Gasteiger partial charge in [0.15, 0.2) is 5.92 Å². The van der Waals surface area contributed by atoms with Gasteiger partial charge in [-0.15, -0.1) is 0 Å². The van der Waals surface area contributed by atoms with Crippen LogP contribution >= 0.6 is 0 Å². The fourth-order valence-corrected chi connectivity index (χ4v) is 4.10. The van der Waals surface area contributed by atoms with E-state index in [2.05, 4.69) is 13.8 Å². The van der Waals surface area contributed by atoms with Crippen molar-refractivity contribution >= 4 is 28.9 Å². The number of rotatable bonds is 6. The highest BCUT2D eigenvalue weighted by atomic mass is 16.5. The van der Waals surface area contributed by atoms with Crippen LogP contribution in [0.2, 0.25) is 0 Å². The monoisotopic (exact) mass is 405 g/mol. The summed E-state index contributed by atoms with van der Waals surface area (Å²) in [6, 6.07) is 17.0. The van der Waals surface area contributed by atoms with Crippen molar-refractivity contribution in [2.45, 2.75) is 33.2 Å². The summed E-state index contributed by atoms with van der Waals surface area (Å²) in [5, 5.41) is 0. The zero-order chi connectivity index (χ0) is 21.3. The van der Waals surface area contributed by atoms with Crippen LogP contribution in [0.4, 0.5) is 5.95 Å². The molecule has 2 atom stereocenters. The molecule has 0 radical (unpaired) electrons. The van der Waals surface area contributed by atoms with Gasteiger partial charge in [-0.1, -0.05) is 56.3 Å². The Labute approximate surface area is 176 Å². The molecule has 0 bridgehead atoms. The number of hydrogen-bond acceptors (Lipinski definition) is 4. The number of fused-ring (bicyclic) bond motifs is 3. The van der Waals surface area contributed by atoms with Gasteiger partial charge >= 0.3 is 5.97 Å². The molecule has 6 nitrogen and oxygen atoms in total. The first kappa shape index (κ1) is 20.1. The van der Waals surface area contributed by atoms with Gasteiger partial charge in [-0.3, -0.25) is 14.5 Å². The third kappa shape index (κ3) is 3.47. The third-order valence-electron chi connectivity index (χ3n) is 5.56. The third-order valence-corrected chi connectivity index (χ3v) is 5.56. The van der Waals surface area contributed by atoms with E-state index in [-0.39, 0.29) is 12.5 Å². The minimum absolute atomic E-state index is 0.230. The predicted molar refractivity (Wildman–Crippen MR) is 116 cm³/mol. The highest BCUT2D eigenvalue weighted by molar-refractivity contribution is 6.08. The number of benzene rings is 2. The zero-order valence-corrected chi connectivity index (χ0v) is 17.6. The van der Waals surface area contributed by atoms with Crippen molar-refractivity contribution in [2.24, 2.45) is 11.8 Å². The Balaban J connectivity index is 1.95. The zero-order valence-electron chi connectivity index (χ0n) is 17.6. The Morgan fingerprint density at radius 3 is 2.50 bits per heavy atom. The molecule has 0 saturated heterocycles. The van der Waals surface area contributed by atoms with Gasteiger partial charge in [0.2, 0.25) is 11.9 Å². The average Bonchev–Trinajstić information content (AvgIpc) is 3.12. The van der Waals surface area contributed by atoms with Gasteiger partial charge < -0.3 is 9.30 Å². The average molecular weight is 405 g/mol. The van der Waals surface area contributed by atoms with Crippen LogP contribution in [-0.4, -0.2) is 34.6 Å². The van der Waals surface area contributed by atoms with E-state index >= 15 is 0 Å². The fraction of sp³-hybridized carbons (Fsp3) is 0.375. The number of ether oxygens (including phenoxy) is 1. The van der Waals surface area contributed by atoms with Crippen molar-refractivity contribution in [3.05, 3.63) is 60.2 Å². The first-order chi connectivity index (χ1) is 14.5. The Morgan fingerprint density at radius 2 is 1.80 bits per heavy atom. The van der Waals surface area contributed by atoms with Crippen LogP contribution in [-0.2, 0) is 14.3 Å². The summed E-state index contributed by atoms with van der Waals surface area (Å²) < 4.78 is 7.40. The molecule has 3 aromatic rings. The van der Waals surface area contributed by atoms with Gasteiger partial charge in [-0.25, -0.2) is 4.98 Å². The summed E-state index contributed by atoms with van der Waals surface area (Å²) in [6.07, 6.45) is 0.820. The molecule has 2 heterocycles. The van der Waals surface area contributed by atoms with Crippen molar-refractivity contribution in [1.29, 1.82) is 0 Å². The number of amides is 1. The molecule has 2 aromatic carbocycles. The Kier molecular flexibility index (Phi) is 5.57. The van der Waals surface area contributed by atoms with E-state index in [0.29, 0.717) is 18.4 Å². The smallest absolute Gasteiger partial charge is 0.321 e. The normalized spacial score (nSPS) is 18.7.